The van der Waals surface area contributed by atoms with Crippen LogP contribution < -0.4 is 0 Å². The summed E-state index contributed by atoms with van der Waals surface area (Å²) in [4.78, 5) is 0. The highest BCUT2D eigenvalue weighted by Crippen LogP contribution is 2.43. The molecule has 0 amide bonds. The Morgan fingerprint density at radius 1 is 1.12 bits per heavy atom. The van der Waals surface area contributed by atoms with E-state index in [9.17, 15) is 0 Å². The maximum atomic E-state index is 2.38. The Morgan fingerprint density at radius 2 is 1.76 bits per heavy atom. The van der Waals surface area contributed by atoms with E-state index in [0.29, 0.717) is 5.41 Å². The Bertz CT molecular complexity index is 429. The van der Waals surface area contributed by atoms with Gasteiger partial charge in [-0.15, -0.1) is 0 Å². The van der Waals surface area contributed by atoms with Crippen LogP contribution in [-0.2, 0) is 5.41 Å². The van der Waals surface area contributed by atoms with Gasteiger partial charge in [0.2, 0.25) is 0 Å². The van der Waals surface area contributed by atoms with Gasteiger partial charge in [0.05, 0.1) is 0 Å². The van der Waals surface area contributed by atoms with Crippen molar-refractivity contribution in [3.63, 3.8) is 0 Å². The van der Waals surface area contributed by atoms with E-state index in [-0.39, 0.29) is 0 Å². The fourth-order valence-corrected chi connectivity index (χ4v) is 3.09. The van der Waals surface area contributed by atoms with Gasteiger partial charge in [0.15, 0.2) is 0 Å². The van der Waals surface area contributed by atoms with E-state index in [2.05, 4.69) is 52.0 Å². The number of fused-ring (bicyclic) bond motifs is 1. The van der Waals surface area contributed by atoms with E-state index in [1.54, 1.807) is 16.7 Å². The van der Waals surface area contributed by atoms with Crippen LogP contribution in [0.3, 0.4) is 0 Å². The van der Waals surface area contributed by atoms with Crippen LogP contribution in [0.15, 0.2) is 29.8 Å². The minimum atomic E-state index is 0.340. The molecule has 0 atom stereocenters. The highest BCUT2D eigenvalue weighted by atomic mass is 14.3. The molecule has 0 nitrogen and oxygen atoms in total. The van der Waals surface area contributed by atoms with E-state index in [1.165, 1.54) is 31.2 Å². The van der Waals surface area contributed by atoms with Crippen molar-refractivity contribution in [1.82, 2.24) is 0 Å². The van der Waals surface area contributed by atoms with E-state index in [1.807, 2.05) is 0 Å². The van der Waals surface area contributed by atoms with Crippen LogP contribution in [0, 0.1) is 0 Å². The third-order valence-electron chi connectivity index (χ3n) is 4.26. The molecule has 1 aliphatic carbocycles. The summed E-state index contributed by atoms with van der Waals surface area (Å²) in [6, 6.07) is 9.00. The molecule has 0 aromatic heterocycles. The van der Waals surface area contributed by atoms with Crippen LogP contribution in [0.25, 0.3) is 5.57 Å². The standard InChI is InChI=1S/C17H24/c1-5-13(6-2)14-11-12-17(3,4)16-10-8-7-9-15(14)16/h7-10H,5-6,11-12H2,1-4H3. The molecular formula is C17H24. The fourth-order valence-electron chi connectivity index (χ4n) is 3.09. The smallest absolute Gasteiger partial charge is 0.00944 e. The molecule has 0 saturated carbocycles. The molecule has 1 aliphatic rings. The molecule has 0 heterocycles. The van der Waals surface area contributed by atoms with Crippen molar-refractivity contribution >= 4 is 5.57 Å². The maximum Gasteiger partial charge on any atom is -0.00944 e. The zero-order chi connectivity index (χ0) is 12.5. The van der Waals surface area contributed by atoms with Crippen LogP contribution >= 0.6 is 0 Å². The van der Waals surface area contributed by atoms with Crippen molar-refractivity contribution in [2.24, 2.45) is 0 Å². The first-order chi connectivity index (χ1) is 8.10. The van der Waals surface area contributed by atoms with Crippen molar-refractivity contribution in [3.8, 4) is 0 Å². The lowest BCUT2D eigenvalue weighted by atomic mass is 9.70. The molecule has 1 aromatic rings. The average molecular weight is 228 g/mol. The van der Waals surface area contributed by atoms with Crippen molar-refractivity contribution in [2.45, 2.75) is 58.8 Å². The van der Waals surface area contributed by atoms with Gasteiger partial charge in [0, 0.05) is 0 Å². The first-order valence-corrected chi connectivity index (χ1v) is 6.91. The number of allylic oxidation sites excluding steroid dienone is 2. The molecule has 17 heavy (non-hydrogen) atoms. The first kappa shape index (κ1) is 12.4. The quantitative estimate of drug-likeness (QED) is 0.641. The molecule has 0 bridgehead atoms. The van der Waals surface area contributed by atoms with Gasteiger partial charge >= 0.3 is 0 Å². The number of hydrogen-bond acceptors (Lipinski definition) is 0. The van der Waals surface area contributed by atoms with Gasteiger partial charge in [0.25, 0.3) is 0 Å². The minimum absolute atomic E-state index is 0.340. The van der Waals surface area contributed by atoms with E-state index in [4.69, 9.17) is 0 Å². The Balaban J connectivity index is 2.60. The minimum Gasteiger partial charge on any atom is -0.0669 e. The summed E-state index contributed by atoms with van der Waals surface area (Å²) in [6.45, 7) is 9.32. The second kappa shape index (κ2) is 4.68. The molecule has 0 fully saturated rings. The van der Waals surface area contributed by atoms with Gasteiger partial charge in [-0.25, -0.2) is 0 Å². The van der Waals surface area contributed by atoms with E-state index < -0.39 is 0 Å². The number of rotatable bonds is 2. The zero-order valence-corrected chi connectivity index (χ0v) is 11.6. The summed E-state index contributed by atoms with van der Waals surface area (Å²) in [7, 11) is 0. The summed E-state index contributed by atoms with van der Waals surface area (Å²) >= 11 is 0. The molecule has 0 N–H and O–H groups in total. The summed E-state index contributed by atoms with van der Waals surface area (Å²) < 4.78 is 0. The molecule has 2 rings (SSSR count). The van der Waals surface area contributed by atoms with Crippen LogP contribution in [0.5, 0.6) is 0 Å². The second-order valence-electron chi connectivity index (χ2n) is 5.72. The van der Waals surface area contributed by atoms with Crippen molar-refractivity contribution in [2.75, 3.05) is 0 Å². The van der Waals surface area contributed by atoms with Gasteiger partial charge in [-0.2, -0.15) is 0 Å². The van der Waals surface area contributed by atoms with Crippen LogP contribution in [0.2, 0.25) is 0 Å². The lowest BCUT2D eigenvalue weighted by molar-refractivity contribution is 0.473. The van der Waals surface area contributed by atoms with Gasteiger partial charge in [-0.05, 0) is 47.8 Å². The predicted octanol–water partition coefficient (Wildman–Crippen LogP) is 5.33. The van der Waals surface area contributed by atoms with E-state index >= 15 is 0 Å². The Labute approximate surface area is 106 Å². The average Bonchev–Trinajstić information content (AvgIpc) is 2.34. The topological polar surface area (TPSA) is 0 Å². The molecule has 0 radical (unpaired) electrons. The molecular weight excluding hydrogens is 204 g/mol. The molecule has 1 aromatic carbocycles. The Kier molecular flexibility index (Phi) is 3.42. The summed E-state index contributed by atoms with van der Waals surface area (Å²) in [5.41, 5.74) is 6.67. The SMILES string of the molecule is CCC(CC)=C1CCC(C)(C)c2ccccc21. The molecule has 0 spiro atoms. The summed E-state index contributed by atoms with van der Waals surface area (Å²) in [5, 5.41) is 0. The molecule has 0 aliphatic heterocycles. The lowest BCUT2D eigenvalue weighted by Gasteiger charge is -2.35. The highest BCUT2D eigenvalue weighted by molar-refractivity contribution is 5.74. The second-order valence-corrected chi connectivity index (χ2v) is 5.72. The third kappa shape index (κ3) is 2.18. The Morgan fingerprint density at radius 3 is 2.41 bits per heavy atom. The molecule has 0 heteroatoms. The number of benzene rings is 1. The normalized spacial score (nSPS) is 17.8. The maximum absolute atomic E-state index is 2.38. The summed E-state index contributed by atoms with van der Waals surface area (Å²) in [6.07, 6.45) is 4.92. The molecule has 92 valence electrons. The highest BCUT2D eigenvalue weighted by Gasteiger charge is 2.29. The van der Waals surface area contributed by atoms with Crippen LogP contribution in [-0.4, -0.2) is 0 Å². The predicted molar refractivity (Wildman–Crippen MR) is 76.2 cm³/mol. The third-order valence-corrected chi connectivity index (χ3v) is 4.26. The molecule has 0 unspecified atom stereocenters. The first-order valence-electron chi connectivity index (χ1n) is 6.91. The van der Waals surface area contributed by atoms with Gasteiger partial charge in [-0.3, -0.25) is 0 Å². The fraction of sp³-hybridized carbons (Fsp3) is 0.529. The largest absolute Gasteiger partial charge is 0.0669 e. The van der Waals surface area contributed by atoms with Crippen molar-refractivity contribution < 1.29 is 0 Å². The molecule has 0 saturated heterocycles. The zero-order valence-electron chi connectivity index (χ0n) is 11.6. The lowest BCUT2D eigenvalue weighted by Crippen LogP contribution is -2.23. The summed E-state index contributed by atoms with van der Waals surface area (Å²) in [5.74, 6) is 0. The van der Waals surface area contributed by atoms with Crippen LogP contribution in [0.1, 0.15) is 64.5 Å². The number of hydrogen-bond donors (Lipinski definition) is 0. The van der Waals surface area contributed by atoms with Gasteiger partial charge in [0.1, 0.15) is 0 Å². The monoisotopic (exact) mass is 228 g/mol. The van der Waals surface area contributed by atoms with Crippen molar-refractivity contribution in [3.05, 3.63) is 41.0 Å². The van der Waals surface area contributed by atoms with Crippen LogP contribution in [0.4, 0.5) is 0 Å². The van der Waals surface area contributed by atoms with Gasteiger partial charge in [-0.1, -0.05) is 57.5 Å². The Hall–Kier alpha value is -1.04. The van der Waals surface area contributed by atoms with E-state index in [0.717, 1.165) is 0 Å². The van der Waals surface area contributed by atoms with Crippen molar-refractivity contribution in [1.29, 1.82) is 0 Å². The van der Waals surface area contributed by atoms with Gasteiger partial charge < -0.3 is 0 Å².